The van der Waals surface area contributed by atoms with E-state index in [1.807, 2.05) is 65.6 Å². The van der Waals surface area contributed by atoms with Gasteiger partial charge in [0.05, 0.1) is 19.9 Å². The Morgan fingerprint density at radius 1 is 0.906 bits per heavy atom. The van der Waals surface area contributed by atoms with Crippen LogP contribution in [-0.4, -0.2) is 61.4 Å². The molecule has 1 fully saturated rings. The van der Waals surface area contributed by atoms with Crippen LogP contribution in [0.15, 0.2) is 66.7 Å². The Morgan fingerprint density at radius 3 is 2.34 bits per heavy atom. The third-order valence-corrected chi connectivity index (χ3v) is 5.48. The maximum Gasteiger partial charge on any atom is 0.246 e. The molecule has 0 saturated carbocycles. The van der Waals surface area contributed by atoms with Crippen LogP contribution in [0.25, 0.3) is 17.3 Å². The highest BCUT2D eigenvalue weighted by molar-refractivity contribution is 5.92. The van der Waals surface area contributed by atoms with E-state index in [0.717, 1.165) is 22.6 Å². The number of anilines is 1. The van der Waals surface area contributed by atoms with Crippen molar-refractivity contribution in [1.82, 2.24) is 15.1 Å². The van der Waals surface area contributed by atoms with Crippen LogP contribution in [0.4, 0.5) is 5.82 Å². The third kappa shape index (κ3) is 4.88. The van der Waals surface area contributed by atoms with Crippen molar-refractivity contribution >= 4 is 17.8 Å². The van der Waals surface area contributed by atoms with Gasteiger partial charge >= 0.3 is 0 Å². The van der Waals surface area contributed by atoms with E-state index >= 15 is 0 Å². The van der Waals surface area contributed by atoms with Gasteiger partial charge < -0.3 is 19.3 Å². The van der Waals surface area contributed by atoms with Gasteiger partial charge in [0, 0.05) is 43.4 Å². The lowest BCUT2D eigenvalue weighted by atomic mass is 10.1. The van der Waals surface area contributed by atoms with Crippen LogP contribution in [0.1, 0.15) is 5.56 Å². The number of carbonyl (C=O) groups is 1. The molecule has 2 aromatic carbocycles. The average molecular weight is 431 g/mol. The molecule has 7 heteroatoms. The van der Waals surface area contributed by atoms with Crippen LogP contribution in [0.2, 0.25) is 0 Å². The number of benzene rings is 2. The molecule has 2 heterocycles. The van der Waals surface area contributed by atoms with E-state index in [9.17, 15) is 4.79 Å². The van der Waals surface area contributed by atoms with Crippen LogP contribution >= 0.6 is 0 Å². The van der Waals surface area contributed by atoms with E-state index in [-0.39, 0.29) is 5.91 Å². The van der Waals surface area contributed by atoms with Gasteiger partial charge in [-0.05, 0) is 36.4 Å². The molecule has 164 valence electrons. The molecular formula is C25H26N4O3. The monoisotopic (exact) mass is 430 g/mol. The summed E-state index contributed by atoms with van der Waals surface area (Å²) in [5.41, 5.74) is 2.69. The van der Waals surface area contributed by atoms with Crippen molar-refractivity contribution in [2.24, 2.45) is 0 Å². The molecule has 0 N–H and O–H groups in total. The molecule has 1 aliphatic rings. The predicted molar refractivity (Wildman–Crippen MR) is 125 cm³/mol. The number of ether oxygens (including phenoxy) is 2. The van der Waals surface area contributed by atoms with Gasteiger partial charge in [-0.15, -0.1) is 10.2 Å². The summed E-state index contributed by atoms with van der Waals surface area (Å²) in [7, 11) is 3.22. The molecule has 0 radical (unpaired) electrons. The fraction of sp³-hybridized carbons (Fsp3) is 0.240. The van der Waals surface area contributed by atoms with Crippen molar-refractivity contribution in [3.05, 3.63) is 72.3 Å². The Bertz CT molecular complexity index is 1080. The molecule has 0 atom stereocenters. The Morgan fingerprint density at radius 2 is 1.69 bits per heavy atom. The SMILES string of the molecule is COc1ccc(OC)c(/C=C/C(=O)N2CCN(c3ccc(-c4ccccc4)nn3)CC2)c1. The maximum atomic E-state index is 12.7. The molecule has 4 rings (SSSR count). The molecule has 1 aliphatic heterocycles. The minimum absolute atomic E-state index is 0.0277. The van der Waals surface area contributed by atoms with Gasteiger partial charge in [-0.25, -0.2) is 0 Å². The molecule has 0 bridgehead atoms. The number of nitrogens with zero attached hydrogens (tertiary/aromatic N) is 4. The Labute approximate surface area is 187 Å². The number of aromatic nitrogens is 2. The number of amides is 1. The first-order chi connectivity index (χ1) is 15.7. The highest BCUT2D eigenvalue weighted by atomic mass is 16.5. The second-order valence-corrected chi connectivity index (χ2v) is 7.40. The fourth-order valence-corrected chi connectivity index (χ4v) is 3.65. The average Bonchev–Trinajstić information content (AvgIpc) is 2.87. The van der Waals surface area contributed by atoms with E-state index in [0.29, 0.717) is 37.7 Å². The van der Waals surface area contributed by atoms with E-state index in [4.69, 9.17) is 9.47 Å². The number of carbonyl (C=O) groups excluding carboxylic acids is 1. The first-order valence-corrected chi connectivity index (χ1v) is 10.5. The van der Waals surface area contributed by atoms with Crippen molar-refractivity contribution < 1.29 is 14.3 Å². The second-order valence-electron chi connectivity index (χ2n) is 7.40. The molecule has 32 heavy (non-hydrogen) atoms. The number of methoxy groups -OCH3 is 2. The quantitative estimate of drug-likeness (QED) is 0.558. The fourth-order valence-electron chi connectivity index (χ4n) is 3.65. The first-order valence-electron chi connectivity index (χ1n) is 10.5. The third-order valence-electron chi connectivity index (χ3n) is 5.48. The van der Waals surface area contributed by atoms with Crippen LogP contribution in [0.5, 0.6) is 11.5 Å². The predicted octanol–water partition coefficient (Wildman–Crippen LogP) is 3.52. The van der Waals surface area contributed by atoms with E-state index in [1.165, 1.54) is 0 Å². The summed E-state index contributed by atoms with van der Waals surface area (Å²) in [4.78, 5) is 16.7. The summed E-state index contributed by atoms with van der Waals surface area (Å²) in [6.45, 7) is 2.67. The minimum atomic E-state index is -0.0277. The smallest absolute Gasteiger partial charge is 0.246 e. The Hall–Kier alpha value is -3.87. The van der Waals surface area contributed by atoms with E-state index < -0.39 is 0 Å². The summed E-state index contributed by atoms with van der Waals surface area (Å²) < 4.78 is 10.6. The van der Waals surface area contributed by atoms with E-state index in [2.05, 4.69) is 15.1 Å². The maximum absolute atomic E-state index is 12.7. The number of rotatable bonds is 6. The van der Waals surface area contributed by atoms with Gasteiger partial charge in [-0.1, -0.05) is 30.3 Å². The van der Waals surface area contributed by atoms with Crippen LogP contribution in [0, 0.1) is 0 Å². The molecule has 3 aromatic rings. The molecule has 1 saturated heterocycles. The van der Waals surface area contributed by atoms with Crippen LogP contribution < -0.4 is 14.4 Å². The zero-order chi connectivity index (χ0) is 22.3. The van der Waals surface area contributed by atoms with Crippen molar-refractivity contribution in [2.75, 3.05) is 45.3 Å². The molecule has 1 aromatic heterocycles. The van der Waals surface area contributed by atoms with Gasteiger partial charge in [0.25, 0.3) is 0 Å². The van der Waals surface area contributed by atoms with Gasteiger partial charge in [0.2, 0.25) is 5.91 Å². The van der Waals surface area contributed by atoms with Gasteiger partial charge in [-0.2, -0.15) is 0 Å². The second kappa shape index (κ2) is 9.96. The van der Waals surface area contributed by atoms with Gasteiger partial charge in [0.1, 0.15) is 11.5 Å². The summed E-state index contributed by atoms with van der Waals surface area (Å²) in [6.07, 6.45) is 3.35. The number of hydrogen-bond acceptors (Lipinski definition) is 6. The summed E-state index contributed by atoms with van der Waals surface area (Å²) in [6, 6.07) is 19.5. The van der Waals surface area contributed by atoms with Crippen molar-refractivity contribution in [2.45, 2.75) is 0 Å². The van der Waals surface area contributed by atoms with Crippen molar-refractivity contribution in [3.8, 4) is 22.8 Å². The molecular weight excluding hydrogens is 404 g/mol. The van der Waals surface area contributed by atoms with E-state index in [1.54, 1.807) is 26.4 Å². The van der Waals surface area contributed by atoms with Gasteiger partial charge in [0.15, 0.2) is 5.82 Å². The largest absolute Gasteiger partial charge is 0.497 e. The lowest BCUT2D eigenvalue weighted by Crippen LogP contribution is -2.48. The highest BCUT2D eigenvalue weighted by Gasteiger charge is 2.21. The molecule has 1 amide bonds. The summed E-state index contributed by atoms with van der Waals surface area (Å²) in [5, 5.41) is 8.76. The van der Waals surface area contributed by atoms with Crippen molar-refractivity contribution in [1.29, 1.82) is 0 Å². The normalized spacial score (nSPS) is 13.9. The van der Waals surface area contributed by atoms with Crippen LogP contribution in [0.3, 0.4) is 0 Å². The first kappa shape index (κ1) is 21.4. The number of piperazine rings is 1. The van der Waals surface area contributed by atoms with Crippen LogP contribution in [-0.2, 0) is 4.79 Å². The number of hydrogen-bond donors (Lipinski definition) is 0. The molecule has 7 nitrogen and oxygen atoms in total. The lowest BCUT2D eigenvalue weighted by Gasteiger charge is -2.34. The topological polar surface area (TPSA) is 67.8 Å². The zero-order valence-electron chi connectivity index (χ0n) is 18.3. The summed E-state index contributed by atoms with van der Waals surface area (Å²) in [5.74, 6) is 2.21. The summed E-state index contributed by atoms with van der Waals surface area (Å²) >= 11 is 0. The molecule has 0 aliphatic carbocycles. The zero-order valence-corrected chi connectivity index (χ0v) is 18.3. The molecule has 0 unspecified atom stereocenters. The standard InChI is InChI=1S/C25H26N4O3/c1-31-21-9-11-23(32-2)20(18-21)8-13-25(30)29-16-14-28(15-17-29)24-12-10-22(26-27-24)19-6-4-3-5-7-19/h3-13,18H,14-17H2,1-2H3/b13-8+. The van der Waals surface area contributed by atoms with Gasteiger partial charge in [-0.3, -0.25) is 4.79 Å². The molecule has 0 spiro atoms. The van der Waals surface area contributed by atoms with Crippen molar-refractivity contribution in [3.63, 3.8) is 0 Å². The Kier molecular flexibility index (Phi) is 6.65. The Balaban J connectivity index is 1.35. The minimum Gasteiger partial charge on any atom is -0.497 e. The highest BCUT2D eigenvalue weighted by Crippen LogP contribution is 2.25. The lowest BCUT2D eigenvalue weighted by molar-refractivity contribution is -0.126.